The lowest BCUT2D eigenvalue weighted by Gasteiger charge is -2.24. The second-order valence-corrected chi connectivity index (χ2v) is 3.95. The number of hydrogen-bond donors (Lipinski definition) is 2. The third-order valence-electron chi connectivity index (χ3n) is 2.82. The molecule has 0 fully saturated rings. The largest absolute Gasteiger partial charge is 0.490 e. The van der Waals surface area contributed by atoms with E-state index in [2.05, 4.69) is 15.4 Å². The van der Waals surface area contributed by atoms with Gasteiger partial charge in [0.1, 0.15) is 12.1 Å². The van der Waals surface area contributed by atoms with E-state index in [1.54, 1.807) is 12.1 Å². The minimum atomic E-state index is -0.314. The lowest BCUT2D eigenvalue weighted by atomic mass is 10.2. The summed E-state index contributed by atoms with van der Waals surface area (Å²) >= 11 is 0. The number of methoxy groups -OCH3 is 1. The minimum absolute atomic E-state index is 0.314. The molecule has 0 aliphatic carbocycles. The number of hydrogen-bond acceptors (Lipinski definition) is 6. The highest BCUT2D eigenvalue weighted by molar-refractivity contribution is 5.71. The maximum absolute atomic E-state index is 13.4. The Hall–Kier alpha value is -2.41. The van der Waals surface area contributed by atoms with Crippen molar-refractivity contribution in [3.63, 3.8) is 0 Å². The van der Waals surface area contributed by atoms with Gasteiger partial charge >= 0.3 is 0 Å². The van der Waals surface area contributed by atoms with Gasteiger partial charge in [-0.05, 0) is 25.1 Å². The van der Waals surface area contributed by atoms with Crippen LogP contribution in [0.1, 0.15) is 6.92 Å². The Morgan fingerprint density at radius 3 is 2.80 bits per heavy atom. The Balaban J connectivity index is 2.52. The fourth-order valence-electron chi connectivity index (χ4n) is 1.95. The Labute approximate surface area is 116 Å². The van der Waals surface area contributed by atoms with E-state index in [1.165, 1.54) is 25.6 Å². The van der Waals surface area contributed by atoms with Crippen LogP contribution < -0.4 is 20.9 Å². The Bertz CT molecular complexity index is 593. The van der Waals surface area contributed by atoms with Gasteiger partial charge in [0.15, 0.2) is 11.6 Å². The van der Waals surface area contributed by atoms with Crippen molar-refractivity contribution in [1.82, 2.24) is 9.97 Å². The Morgan fingerprint density at radius 2 is 2.20 bits per heavy atom. The number of anilines is 3. The van der Waals surface area contributed by atoms with Crippen LogP contribution in [0.2, 0.25) is 0 Å². The van der Waals surface area contributed by atoms with Crippen LogP contribution in [0.25, 0.3) is 0 Å². The first kappa shape index (κ1) is 14.0. The lowest BCUT2D eigenvalue weighted by Crippen LogP contribution is -2.20. The highest BCUT2D eigenvalue weighted by Gasteiger charge is 2.18. The van der Waals surface area contributed by atoms with E-state index in [9.17, 15) is 4.39 Å². The van der Waals surface area contributed by atoms with Crippen molar-refractivity contribution in [1.29, 1.82) is 0 Å². The minimum Gasteiger partial charge on any atom is -0.490 e. The van der Waals surface area contributed by atoms with Crippen molar-refractivity contribution in [3.05, 3.63) is 36.4 Å². The van der Waals surface area contributed by atoms with Crippen molar-refractivity contribution in [3.8, 4) is 5.75 Å². The van der Waals surface area contributed by atoms with Crippen LogP contribution in [0.4, 0.5) is 21.7 Å². The molecule has 0 atom stereocenters. The molecule has 0 bridgehead atoms. The first-order chi connectivity index (χ1) is 9.71. The van der Waals surface area contributed by atoms with Crippen LogP contribution in [0.5, 0.6) is 5.75 Å². The summed E-state index contributed by atoms with van der Waals surface area (Å²) in [6.07, 6.45) is 1.37. The van der Waals surface area contributed by atoms with E-state index in [0.29, 0.717) is 29.6 Å². The SMILES string of the molecule is CCN(c1cccc(F)c1)c1ncnc(NN)c1OC. The fraction of sp³-hybridized carbons (Fsp3) is 0.231. The van der Waals surface area contributed by atoms with Gasteiger partial charge in [-0.3, -0.25) is 0 Å². The van der Waals surface area contributed by atoms with Gasteiger partial charge < -0.3 is 15.1 Å². The van der Waals surface area contributed by atoms with Crippen LogP contribution >= 0.6 is 0 Å². The second-order valence-electron chi connectivity index (χ2n) is 3.95. The van der Waals surface area contributed by atoms with E-state index in [0.717, 1.165) is 0 Å². The molecule has 3 N–H and O–H groups in total. The van der Waals surface area contributed by atoms with Crippen molar-refractivity contribution in [2.45, 2.75) is 6.92 Å². The van der Waals surface area contributed by atoms with Gasteiger partial charge in [0.25, 0.3) is 0 Å². The van der Waals surface area contributed by atoms with Crippen LogP contribution in [0.15, 0.2) is 30.6 Å². The molecule has 2 rings (SSSR count). The molecule has 0 saturated heterocycles. The molecule has 0 amide bonds. The first-order valence-electron chi connectivity index (χ1n) is 6.10. The highest BCUT2D eigenvalue weighted by atomic mass is 19.1. The standard InChI is InChI=1S/C13H16FN5O/c1-3-19(10-6-4-5-9(14)7-10)13-11(20-2)12(18-15)16-8-17-13/h4-8H,3,15H2,1-2H3,(H,16,17,18). The van der Waals surface area contributed by atoms with Crippen LogP contribution in [0.3, 0.4) is 0 Å². The molecule has 0 unspecified atom stereocenters. The van der Waals surface area contributed by atoms with Crippen LogP contribution in [-0.2, 0) is 0 Å². The summed E-state index contributed by atoms with van der Waals surface area (Å²) in [5.74, 6) is 6.38. The summed E-state index contributed by atoms with van der Waals surface area (Å²) in [5, 5.41) is 0. The van der Waals surface area contributed by atoms with Crippen molar-refractivity contribution in [2.75, 3.05) is 24.0 Å². The maximum Gasteiger partial charge on any atom is 0.206 e. The second kappa shape index (κ2) is 6.16. The summed E-state index contributed by atoms with van der Waals surface area (Å²) in [4.78, 5) is 10.0. The van der Waals surface area contributed by atoms with Gasteiger partial charge in [0.05, 0.1) is 7.11 Å². The number of hydrazine groups is 1. The number of benzene rings is 1. The first-order valence-corrected chi connectivity index (χ1v) is 6.10. The number of nitrogens with one attached hydrogen (secondary N) is 1. The number of ether oxygens (including phenoxy) is 1. The predicted molar refractivity (Wildman–Crippen MR) is 75.5 cm³/mol. The Morgan fingerprint density at radius 1 is 1.40 bits per heavy atom. The molecule has 20 heavy (non-hydrogen) atoms. The number of nitrogen functional groups attached to an aromatic ring is 1. The molecule has 106 valence electrons. The number of halogens is 1. The van der Waals surface area contributed by atoms with Gasteiger partial charge in [0, 0.05) is 12.2 Å². The fourth-order valence-corrected chi connectivity index (χ4v) is 1.95. The van der Waals surface area contributed by atoms with E-state index in [1.807, 2.05) is 11.8 Å². The van der Waals surface area contributed by atoms with Crippen LogP contribution in [0, 0.1) is 5.82 Å². The molecule has 0 spiro atoms. The predicted octanol–water partition coefficient (Wildman–Crippen LogP) is 2.07. The number of nitrogens with zero attached hydrogens (tertiary/aromatic N) is 3. The average Bonchev–Trinajstić information content (AvgIpc) is 2.47. The molecular formula is C13H16FN5O. The molecule has 0 radical (unpaired) electrons. The molecule has 0 aliphatic rings. The van der Waals surface area contributed by atoms with E-state index >= 15 is 0 Å². The third-order valence-corrected chi connectivity index (χ3v) is 2.82. The van der Waals surface area contributed by atoms with Gasteiger partial charge in [0.2, 0.25) is 5.75 Å². The van der Waals surface area contributed by atoms with E-state index in [-0.39, 0.29) is 5.82 Å². The van der Waals surface area contributed by atoms with Crippen molar-refractivity contribution >= 4 is 17.3 Å². The molecule has 7 heteroatoms. The zero-order chi connectivity index (χ0) is 14.5. The van der Waals surface area contributed by atoms with E-state index in [4.69, 9.17) is 10.6 Å². The van der Waals surface area contributed by atoms with Crippen LogP contribution in [-0.4, -0.2) is 23.6 Å². The number of aromatic nitrogens is 2. The summed E-state index contributed by atoms with van der Waals surface area (Å²) in [6, 6.07) is 6.26. The molecule has 1 aromatic heterocycles. The Kier molecular flexibility index (Phi) is 4.31. The monoisotopic (exact) mass is 277 g/mol. The van der Waals surface area contributed by atoms with E-state index < -0.39 is 0 Å². The quantitative estimate of drug-likeness (QED) is 0.643. The smallest absolute Gasteiger partial charge is 0.206 e. The normalized spacial score (nSPS) is 10.2. The summed E-state index contributed by atoms with van der Waals surface area (Å²) < 4.78 is 18.7. The third kappa shape index (κ3) is 2.62. The van der Waals surface area contributed by atoms with Gasteiger partial charge in [-0.15, -0.1) is 0 Å². The lowest BCUT2D eigenvalue weighted by molar-refractivity contribution is 0.413. The molecular weight excluding hydrogens is 261 g/mol. The van der Waals surface area contributed by atoms with Gasteiger partial charge in [-0.1, -0.05) is 6.07 Å². The maximum atomic E-state index is 13.4. The molecule has 2 aromatic rings. The summed E-state index contributed by atoms with van der Waals surface area (Å²) in [6.45, 7) is 2.52. The number of rotatable bonds is 5. The van der Waals surface area contributed by atoms with Crippen molar-refractivity contribution < 1.29 is 9.13 Å². The summed E-state index contributed by atoms with van der Waals surface area (Å²) in [5.41, 5.74) is 3.13. The van der Waals surface area contributed by atoms with Crippen molar-refractivity contribution in [2.24, 2.45) is 5.84 Å². The highest BCUT2D eigenvalue weighted by Crippen LogP contribution is 2.35. The molecule has 1 heterocycles. The summed E-state index contributed by atoms with van der Waals surface area (Å²) in [7, 11) is 1.50. The zero-order valence-corrected chi connectivity index (χ0v) is 11.3. The topological polar surface area (TPSA) is 76.3 Å². The molecule has 0 saturated carbocycles. The van der Waals surface area contributed by atoms with Gasteiger partial charge in [-0.25, -0.2) is 20.2 Å². The average molecular weight is 277 g/mol. The van der Waals surface area contributed by atoms with Gasteiger partial charge in [-0.2, -0.15) is 0 Å². The molecule has 1 aromatic carbocycles. The molecule has 0 aliphatic heterocycles. The number of nitrogens with two attached hydrogens (primary N) is 1. The molecule has 6 nitrogen and oxygen atoms in total. The zero-order valence-electron chi connectivity index (χ0n) is 11.3.